The van der Waals surface area contributed by atoms with Crippen LogP contribution in [0.5, 0.6) is 0 Å². The molecule has 114 valence electrons. The Morgan fingerprint density at radius 2 is 2.19 bits per heavy atom. The summed E-state index contributed by atoms with van der Waals surface area (Å²) in [6, 6.07) is 4.92. The Kier molecular flexibility index (Phi) is 4.80. The van der Waals surface area contributed by atoms with Crippen molar-refractivity contribution in [3.8, 4) is 0 Å². The Bertz CT molecular complexity index is 560. The zero-order chi connectivity index (χ0) is 14.1. The predicted octanol–water partition coefficient (Wildman–Crippen LogP) is 1.91. The number of hydrogen-bond acceptors (Lipinski definition) is 4. The minimum atomic E-state index is -0.377. The Morgan fingerprint density at radius 3 is 2.86 bits per heavy atom. The number of nitro benzene ring substituents is 1. The molecule has 6 nitrogen and oxygen atoms in total. The lowest BCUT2D eigenvalue weighted by Gasteiger charge is -2.17. The molecule has 0 spiro atoms. The zero-order valence-corrected chi connectivity index (χ0v) is 12.4. The van der Waals surface area contributed by atoms with Gasteiger partial charge in [0.15, 0.2) is 0 Å². The van der Waals surface area contributed by atoms with E-state index in [0.29, 0.717) is 30.8 Å². The number of benzene rings is 1. The van der Waals surface area contributed by atoms with Crippen LogP contribution < -0.4 is 10.2 Å². The summed E-state index contributed by atoms with van der Waals surface area (Å²) in [6.07, 6.45) is 3.06. The largest absolute Gasteiger partial charge is 0.310 e. The average molecular weight is 312 g/mol. The molecule has 21 heavy (non-hydrogen) atoms. The van der Waals surface area contributed by atoms with Crippen molar-refractivity contribution >= 4 is 29.7 Å². The molecule has 0 radical (unpaired) electrons. The molecule has 1 heterocycles. The lowest BCUT2D eigenvalue weighted by atomic mass is 10.1. The van der Waals surface area contributed by atoms with E-state index in [9.17, 15) is 14.9 Å². The molecule has 7 heteroatoms. The lowest BCUT2D eigenvalue weighted by molar-refractivity contribution is -0.385. The van der Waals surface area contributed by atoms with Gasteiger partial charge in [0.05, 0.1) is 22.7 Å². The van der Waals surface area contributed by atoms with Gasteiger partial charge in [-0.3, -0.25) is 14.9 Å². The number of nitrogens with one attached hydrogen (secondary N) is 1. The molecule has 1 aliphatic carbocycles. The molecule has 0 saturated heterocycles. The second-order valence-corrected chi connectivity index (χ2v) is 5.40. The summed E-state index contributed by atoms with van der Waals surface area (Å²) >= 11 is 0. The predicted molar refractivity (Wildman–Crippen MR) is 82.0 cm³/mol. The summed E-state index contributed by atoms with van der Waals surface area (Å²) in [5, 5.41) is 14.1. The monoisotopic (exact) mass is 311 g/mol. The molecule has 1 fully saturated rings. The maximum atomic E-state index is 12.2. The summed E-state index contributed by atoms with van der Waals surface area (Å²) in [5.41, 5.74) is 1.48. The van der Waals surface area contributed by atoms with E-state index in [1.54, 1.807) is 17.0 Å². The maximum absolute atomic E-state index is 12.2. The fraction of sp³-hybridized carbons (Fsp3) is 0.500. The molecule has 0 atom stereocenters. The molecular formula is C14H18ClN3O3. The van der Waals surface area contributed by atoms with E-state index in [0.717, 1.165) is 12.5 Å². The molecule has 2 aliphatic rings. The molecule has 0 bridgehead atoms. The van der Waals surface area contributed by atoms with Crippen molar-refractivity contribution in [3.05, 3.63) is 33.9 Å². The number of halogens is 1. The number of carbonyl (C=O) groups excluding carboxylic acids is 1. The highest BCUT2D eigenvalue weighted by Crippen LogP contribution is 2.34. The molecule has 1 N–H and O–H groups in total. The van der Waals surface area contributed by atoms with Crippen LogP contribution in [0.3, 0.4) is 0 Å². The van der Waals surface area contributed by atoms with E-state index < -0.39 is 0 Å². The summed E-state index contributed by atoms with van der Waals surface area (Å²) in [5.74, 6) is 0.722. The quantitative estimate of drug-likeness (QED) is 0.665. The summed E-state index contributed by atoms with van der Waals surface area (Å²) in [4.78, 5) is 24.4. The Labute approximate surface area is 129 Å². The van der Waals surface area contributed by atoms with Gasteiger partial charge >= 0.3 is 0 Å². The first-order chi connectivity index (χ1) is 9.66. The van der Waals surface area contributed by atoms with Crippen LogP contribution in [0.25, 0.3) is 0 Å². The number of hydrogen-bond donors (Lipinski definition) is 1. The summed E-state index contributed by atoms with van der Waals surface area (Å²) in [7, 11) is 0. The van der Waals surface area contributed by atoms with Crippen molar-refractivity contribution in [2.75, 3.05) is 24.5 Å². The first-order valence-corrected chi connectivity index (χ1v) is 6.94. The number of anilines is 1. The molecule has 1 aromatic carbocycles. The fourth-order valence-electron chi connectivity index (χ4n) is 2.65. The second kappa shape index (κ2) is 6.41. The van der Waals surface area contributed by atoms with Gasteiger partial charge in [0.1, 0.15) is 0 Å². The van der Waals surface area contributed by atoms with Gasteiger partial charge in [-0.1, -0.05) is 6.07 Å². The summed E-state index contributed by atoms with van der Waals surface area (Å²) in [6.45, 7) is 1.73. The first-order valence-electron chi connectivity index (χ1n) is 6.94. The normalized spacial score (nSPS) is 16.3. The van der Waals surface area contributed by atoms with Gasteiger partial charge in [0, 0.05) is 12.6 Å². The highest BCUT2D eigenvalue weighted by atomic mass is 35.5. The number of carbonyl (C=O) groups is 1. The van der Waals surface area contributed by atoms with Gasteiger partial charge < -0.3 is 10.2 Å². The molecule has 1 aliphatic heterocycles. The standard InChI is InChI=1S/C14H17N3O3.ClH/c18-14(9-15-8-10-4-5-10)16-7-6-11-12(16)2-1-3-13(11)17(19)20;/h1-3,10,15H,4-9H2;1H. The Hall–Kier alpha value is -1.66. The van der Waals surface area contributed by atoms with Crippen LogP contribution in [-0.4, -0.2) is 30.5 Å². The number of fused-ring (bicyclic) bond motifs is 1. The third kappa shape index (κ3) is 3.33. The SMILES string of the molecule is Cl.O=C(CNCC1CC1)N1CCc2c1cccc2[N+](=O)[O-]. The maximum Gasteiger partial charge on any atom is 0.274 e. The topological polar surface area (TPSA) is 75.5 Å². The van der Waals surface area contributed by atoms with E-state index in [4.69, 9.17) is 0 Å². The minimum absolute atomic E-state index is 0. The van der Waals surface area contributed by atoms with Crippen molar-refractivity contribution in [2.24, 2.45) is 5.92 Å². The van der Waals surface area contributed by atoms with Crippen molar-refractivity contribution in [2.45, 2.75) is 19.3 Å². The van der Waals surface area contributed by atoms with Crippen LogP contribution in [0, 0.1) is 16.0 Å². The van der Waals surface area contributed by atoms with E-state index in [1.165, 1.54) is 18.9 Å². The minimum Gasteiger partial charge on any atom is -0.310 e. The summed E-state index contributed by atoms with van der Waals surface area (Å²) < 4.78 is 0. The van der Waals surface area contributed by atoms with Crippen LogP contribution in [0.15, 0.2) is 18.2 Å². The third-order valence-corrected chi connectivity index (χ3v) is 3.91. The van der Waals surface area contributed by atoms with Crippen LogP contribution >= 0.6 is 12.4 Å². The lowest BCUT2D eigenvalue weighted by Crippen LogP contribution is -2.37. The molecule has 0 unspecified atom stereocenters. The second-order valence-electron chi connectivity index (χ2n) is 5.40. The number of nitro groups is 1. The van der Waals surface area contributed by atoms with Crippen molar-refractivity contribution in [1.82, 2.24) is 5.32 Å². The van der Waals surface area contributed by atoms with Crippen LogP contribution in [-0.2, 0) is 11.2 Å². The van der Waals surface area contributed by atoms with Gasteiger partial charge in [-0.2, -0.15) is 0 Å². The molecule has 1 amide bonds. The third-order valence-electron chi connectivity index (χ3n) is 3.91. The average Bonchev–Trinajstić information content (AvgIpc) is 3.15. The van der Waals surface area contributed by atoms with Crippen LogP contribution in [0.4, 0.5) is 11.4 Å². The number of amides is 1. The molecule has 0 aromatic heterocycles. The van der Waals surface area contributed by atoms with Crippen LogP contribution in [0.2, 0.25) is 0 Å². The van der Waals surface area contributed by atoms with E-state index in [2.05, 4.69) is 5.32 Å². The van der Waals surface area contributed by atoms with E-state index in [1.807, 2.05) is 0 Å². The van der Waals surface area contributed by atoms with Crippen LogP contribution in [0.1, 0.15) is 18.4 Å². The van der Waals surface area contributed by atoms with Gasteiger partial charge in [0.2, 0.25) is 5.91 Å². The highest BCUT2D eigenvalue weighted by Gasteiger charge is 2.30. The number of rotatable bonds is 5. The number of nitrogens with zero attached hydrogens (tertiary/aromatic N) is 2. The van der Waals surface area contributed by atoms with E-state index >= 15 is 0 Å². The smallest absolute Gasteiger partial charge is 0.274 e. The molecular weight excluding hydrogens is 294 g/mol. The van der Waals surface area contributed by atoms with Crippen molar-refractivity contribution in [3.63, 3.8) is 0 Å². The van der Waals surface area contributed by atoms with Gasteiger partial charge in [-0.05, 0) is 37.8 Å². The van der Waals surface area contributed by atoms with Crippen molar-refractivity contribution < 1.29 is 9.72 Å². The van der Waals surface area contributed by atoms with Gasteiger partial charge in [-0.15, -0.1) is 12.4 Å². The zero-order valence-electron chi connectivity index (χ0n) is 11.6. The van der Waals surface area contributed by atoms with Gasteiger partial charge in [0.25, 0.3) is 5.69 Å². The van der Waals surface area contributed by atoms with E-state index in [-0.39, 0.29) is 28.9 Å². The fourth-order valence-corrected chi connectivity index (χ4v) is 2.65. The van der Waals surface area contributed by atoms with Gasteiger partial charge in [-0.25, -0.2) is 0 Å². The first kappa shape index (κ1) is 15.7. The molecule has 1 aromatic rings. The Morgan fingerprint density at radius 1 is 1.43 bits per heavy atom. The Balaban J connectivity index is 0.00000161. The molecule has 1 saturated carbocycles. The molecule has 3 rings (SSSR count). The highest BCUT2D eigenvalue weighted by molar-refractivity contribution is 5.97. The van der Waals surface area contributed by atoms with Crippen molar-refractivity contribution in [1.29, 1.82) is 0 Å².